The van der Waals surface area contributed by atoms with E-state index >= 15 is 0 Å². The van der Waals surface area contributed by atoms with E-state index in [1.807, 2.05) is 0 Å². The van der Waals surface area contributed by atoms with E-state index < -0.39 is 0 Å². The second-order valence-electron chi connectivity index (χ2n) is 4.88. The second-order valence-corrected chi connectivity index (χ2v) is 4.88. The first-order valence-electron chi connectivity index (χ1n) is 6.33. The van der Waals surface area contributed by atoms with Crippen LogP contribution in [0, 0.1) is 5.92 Å². The van der Waals surface area contributed by atoms with E-state index in [-0.39, 0.29) is 17.7 Å². The summed E-state index contributed by atoms with van der Waals surface area (Å²) in [5.74, 6) is -0.00697. The van der Waals surface area contributed by atoms with Gasteiger partial charge in [0.2, 0.25) is 11.8 Å². The van der Waals surface area contributed by atoms with Gasteiger partial charge in [-0.3, -0.25) is 9.59 Å². The van der Waals surface area contributed by atoms with Crippen molar-refractivity contribution in [2.24, 2.45) is 5.92 Å². The molecule has 1 aliphatic heterocycles. The van der Waals surface area contributed by atoms with E-state index in [1.165, 1.54) is 19.3 Å². The fourth-order valence-corrected chi connectivity index (χ4v) is 2.57. The van der Waals surface area contributed by atoms with Crippen LogP contribution in [0.3, 0.4) is 0 Å². The van der Waals surface area contributed by atoms with Crippen LogP contribution in [0.15, 0.2) is 0 Å². The van der Waals surface area contributed by atoms with Crippen LogP contribution >= 0.6 is 0 Å². The summed E-state index contributed by atoms with van der Waals surface area (Å²) < 4.78 is 0. The molecule has 0 aromatic rings. The Kier molecular flexibility index (Phi) is 3.80. The van der Waals surface area contributed by atoms with E-state index in [0.29, 0.717) is 19.0 Å². The van der Waals surface area contributed by atoms with E-state index in [2.05, 4.69) is 10.6 Å². The molecule has 1 aliphatic carbocycles. The lowest BCUT2D eigenvalue weighted by molar-refractivity contribution is -0.133. The molecule has 1 atom stereocenters. The van der Waals surface area contributed by atoms with Crippen LogP contribution < -0.4 is 10.6 Å². The molecule has 0 aromatic heterocycles. The predicted octanol–water partition coefficient (Wildman–Crippen LogP) is 0.961. The minimum Gasteiger partial charge on any atom is -0.356 e. The topological polar surface area (TPSA) is 58.2 Å². The summed E-state index contributed by atoms with van der Waals surface area (Å²) in [5.41, 5.74) is 0. The third kappa shape index (κ3) is 2.97. The molecule has 0 bridgehead atoms. The van der Waals surface area contributed by atoms with Crippen molar-refractivity contribution in [2.75, 3.05) is 6.54 Å². The molecule has 0 spiro atoms. The van der Waals surface area contributed by atoms with Crippen molar-refractivity contribution in [1.29, 1.82) is 0 Å². The minimum absolute atomic E-state index is 0.00930. The summed E-state index contributed by atoms with van der Waals surface area (Å²) in [6.07, 6.45) is 7.07. The average Bonchev–Trinajstić information content (AvgIpc) is 2.30. The van der Waals surface area contributed by atoms with Crippen LogP contribution in [0.1, 0.15) is 44.9 Å². The molecule has 2 amide bonds. The van der Waals surface area contributed by atoms with Gasteiger partial charge in [0.15, 0.2) is 0 Å². The molecule has 90 valence electrons. The van der Waals surface area contributed by atoms with Gasteiger partial charge < -0.3 is 10.6 Å². The zero-order chi connectivity index (χ0) is 11.4. The summed E-state index contributed by atoms with van der Waals surface area (Å²) in [4.78, 5) is 23.1. The summed E-state index contributed by atoms with van der Waals surface area (Å²) in [6.45, 7) is 0.640. The molecule has 2 rings (SSSR count). The summed E-state index contributed by atoms with van der Waals surface area (Å²) >= 11 is 0. The molecule has 0 aromatic carbocycles. The van der Waals surface area contributed by atoms with Crippen molar-refractivity contribution in [3.63, 3.8) is 0 Å². The number of nitrogens with one attached hydrogen (secondary N) is 2. The van der Waals surface area contributed by atoms with E-state index in [1.54, 1.807) is 0 Å². The van der Waals surface area contributed by atoms with Gasteiger partial charge in [-0.15, -0.1) is 0 Å². The van der Waals surface area contributed by atoms with E-state index in [0.717, 1.165) is 19.3 Å². The summed E-state index contributed by atoms with van der Waals surface area (Å²) in [5, 5.41) is 5.84. The van der Waals surface area contributed by atoms with Crippen molar-refractivity contribution in [3.8, 4) is 0 Å². The van der Waals surface area contributed by atoms with Gasteiger partial charge in [0, 0.05) is 24.9 Å². The lowest BCUT2D eigenvalue weighted by atomic mass is 9.92. The fourth-order valence-electron chi connectivity index (χ4n) is 2.57. The van der Waals surface area contributed by atoms with Crippen molar-refractivity contribution < 1.29 is 9.59 Å². The van der Waals surface area contributed by atoms with Crippen LogP contribution in [0.2, 0.25) is 0 Å². The molecule has 1 saturated carbocycles. The minimum atomic E-state index is -0.101. The van der Waals surface area contributed by atoms with Gasteiger partial charge in [0.25, 0.3) is 0 Å². The largest absolute Gasteiger partial charge is 0.356 e. The number of hydrogen-bond acceptors (Lipinski definition) is 2. The van der Waals surface area contributed by atoms with Crippen molar-refractivity contribution in [2.45, 2.75) is 51.0 Å². The van der Waals surface area contributed by atoms with Crippen molar-refractivity contribution in [3.05, 3.63) is 0 Å². The smallest absolute Gasteiger partial charge is 0.223 e. The Hall–Kier alpha value is -1.06. The molecule has 1 saturated heterocycles. The van der Waals surface area contributed by atoms with Gasteiger partial charge in [-0.1, -0.05) is 19.3 Å². The SMILES string of the molecule is O=C1CC(C(=O)NC2CCCCC2)CCN1. The van der Waals surface area contributed by atoms with Crippen LogP contribution in [0.5, 0.6) is 0 Å². The van der Waals surface area contributed by atoms with Gasteiger partial charge in [-0.05, 0) is 19.3 Å². The Balaban J connectivity index is 1.79. The number of carbonyl (C=O) groups excluding carboxylic acids is 2. The monoisotopic (exact) mass is 224 g/mol. The molecular formula is C12H20N2O2. The molecule has 1 heterocycles. The van der Waals surface area contributed by atoms with Crippen LogP contribution in [0.4, 0.5) is 0 Å². The van der Waals surface area contributed by atoms with E-state index in [9.17, 15) is 9.59 Å². The van der Waals surface area contributed by atoms with Crippen LogP contribution in [0.25, 0.3) is 0 Å². The molecule has 4 heteroatoms. The zero-order valence-electron chi connectivity index (χ0n) is 9.63. The first kappa shape index (κ1) is 11.4. The Morgan fingerprint density at radius 1 is 1.19 bits per heavy atom. The number of rotatable bonds is 2. The van der Waals surface area contributed by atoms with Crippen LogP contribution in [-0.4, -0.2) is 24.4 Å². The molecule has 16 heavy (non-hydrogen) atoms. The number of piperidine rings is 1. The van der Waals surface area contributed by atoms with Gasteiger partial charge >= 0.3 is 0 Å². The Labute approximate surface area is 96.2 Å². The molecular weight excluding hydrogens is 204 g/mol. The lowest BCUT2D eigenvalue weighted by Crippen LogP contribution is -2.44. The maximum atomic E-state index is 11.9. The highest BCUT2D eigenvalue weighted by Crippen LogP contribution is 2.19. The Morgan fingerprint density at radius 3 is 2.62 bits per heavy atom. The second kappa shape index (κ2) is 5.32. The summed E-state index contributed by atoms with van der Waals surface area (Å²) in [7, 11) is 0. The predicted molar refractivity (Wildman–Crippen MR) is 60.7 cm³/mol. The van der Waals surface area contributed by atoms with Gasteiger partial charge in [0.1, 0.15) is 0 Å². The highest BCUT2D eigenvalue weighted by Gasteiger charge is 2.27. The van der Waals surface area contributed by atoms with Crippen molar-refractivity contribution in [1.82, 2.24) is 10.6 Å². The third-order valence-corrected chi connectivity index (χ3v) is 3.57. The molecule has 1 unspecified atom stereocenters. The first-order valence-corrected chi connectivity index (χ1v) is 6.33. The van der Waals surface area contributed by atoms with Gasteiger partial charge in [-0.2, -0.15) is 0 Å². The molecule has 2 aliphatic rings. The van der Waals surface area contributed by atoms with Gasteiger partial charge in [-0.25, -0.2) is 0 Å². The standard InChI is InChI=1S/C12H20N2O2/c15-11-8-9(6-7-13-11)12(16)14-10-4-2-1-3-5-10/h9-10H,1-8H2,(H,13,15)(H,14,16). The molecule has 2 fully saturated rings. The highest BCUT2D eigenvalue weighted by atomic mass is 16.2. The van der Waals surface area contributed by atoms with Crippen molar-refractivity contribution >= 4 is 11.8 Å². The first-order chi connectivity index (χ1) is 7.75. The van der Waals surface area contributed by atoms with E-state index in [4.69, 9.17) is 0 Å². The summed E-state index contributed by atoms with van der Waals surface area (Å²) in [6, 6.07) is 0.353. The molecule has 0 radical (unpaired) electrons. The number of hydrogen-bond donors (Lipinski definition) is 2. The van der Waals surface area contributed by atoms with Crippen LogP contribution in [-0.2, 0) is 9.59 Å². The number of carbonyl (C=O) groups is 2. The Morgan fingerprint density at radius 2 is 1.94 bits per heavy atom. The van der Waals surface area contributed by atoms with Gasteiger partial charge in [0.05, 0.1) is 0 Å². The maximum Gasteiger partial charge on any atom is 0.223 e. The maximum absolute atomic E-state index is 11.9. The normalized spacial score (nSPS) is 27.2. The average molecular weight is 224 g/mol. The Bertz CT molecular complexity index is 272. The highest BCUT2D eigenvalue weighted by molar-refractivity contribution is 5.86. The third-order valence-electron chi connectivity index (χ3n) is 3.57. The molecule has 4 nitrogen and oxygen atoms in total. The zero-order valence-corrected chi connectivity index (χ0v) is 9.63. The molecule has 2 N–H and O–H groups in total. The lowest BCUT2D eigenvalue weighted by Gasteiger charge is -2.27. The fraction of sp³-hybridized carbons (Fsp3) is 0.833. The quantitative estimate of drug-likeness (QED) is 0.734. The number of amides is 2.